The predicted octanol–water partition coefficient (Wildman–Crippen LogP) is 4.03. The van der Waals surface area contributed by atoms with Gasteiger partial charge in [-0.15, -0.1) is 0 Å². The topological polar surface area (TPSA) is 9.23 Å². The largest absolute Gasteiger partial charge is 0.431 e. The van der Waals surface area contributed by atoms with E-state index in [4.69, 9.17) is 11.6 Å². The van der Waals surface area contributed by atoms with E-state index in [1.807, 2.05) is 0 Å². The van der Waals surface area contributed by atoms with Crippen LogP contribution in [0.25, 0.3) is 0 Å². The fourth-order valence-electron chi connectivity index (χ4n) is 0.922. The van der Waals surface area contributed by atoms with Gasteiger partial charge in [0, 0.05) is 6.42 Å². The van der Waals surface area contributed by atoms with E-state index in [-0.39, 0.29) is 17.2 Å². The van der Waals surface area contributed by atoms with Crippen molar-refractivity contribution in [3.05, 3.63) is 28.8 Å². The average Bonchev–Trinajstić information content (AvgIpc) is 2.11. The molecule has 0 aliphatic rings. The molecule has 1 aromatic rings. The molecule has 0 aliphatic carbocycles. The fraction of sp³-hybridized carbons (Fsp3) is 0.400. The van der Waals surface area contributed by atoms with Crippen LogP contribution in [0.5, 0.6) is 5.75 Å². The van der Waals surface area contributed by atoms with E-state index in [1.165, 1.54) is 19.1 Å². The molecule has 1 aromatic carbocycles. The van der Waals surface area contributed by atoms with Crippen LogP contribution in [0, 0.1) is 6.92 Å². The van der Waals surface area contributed by atoms with Gasteiger partial charge in [-0.3, -0.25) is 0 Å². The molecule has 4 heteroatoms. The van der Waals surface area contributed by atoms with Crippen molar-refractivity contribution in [2.45, 2.75) is 26.4 Å². The summed E-state index contributed by atoms with van der Waals surface area (Å²) in [6.07, 6.45) is -3.53. The highest BCUT2D eigenvalue weighted by molar-refractivity contribution is 6.32. The molecule has 0 bridgehead atoms. The molecule has 14 heavy (non-hydrogen) atoms. The average molecular weight is 221 g/mol. The molecule has 0 amide bonds. The van der Waals surface area contributed by atoms with E-state index in [0.29, 0.717) is 0 Å². The zero-order valence-electron chi connectivity index (χ0n) is 7.98. The third kappa shape index (κ3) is 2.84. The Labute approximate surface area is 86.6 Å². The van der Waals surface area contributed by atoms with Crippen LogP contribution < -0.4 is 4.74 Å². The van der Waals surface area contributed by atoms with E-state index < -0.39 is 6.11 Å². The normalized spacial score (nSPS) is 11.5. The summed E-state index contributed by atoms with van der Waals surface area (Å²) in [7, 11) is 0. The summed E-state index contributed by atoms with van der Waals surface area (Å²) in [5.74, 6) is 0.0264. The minimum Gasteiger partial charge on any atom is -0.431 e. The van der Waals surface area contributed by atoms with E-state index in [2.05, 4.69) is 4.74 Å². The highest BCUT2D eigenvalue weighted by atomic mass is 35.5. The Bertz CT molecular complexity index is 326. The molecule has 0 N–H and O–H groups in total. The smallest absolute Gasteiger partial charge is 0.397 e. The van der Waals surface area contributed by atoms with Gasteiger partial charge < -0.3 is 4.74 Å². The SMILES string of the molecule is CCC(F)(F)Oc1cc(C)ccc1Cl. The minimum absolute atomic E-state index is 0.0264. The number of benzene rings is 1. The molecule has 1 rings (SSSR count). The second-order valence-electron chi connectivity index (χ2n) is 3.03. The van der Waals surface area contributed by atoms with Crippen molar-refractivity contribution in [3.63, 3.8) is 0 Å². The Morgan fingerprint density at radius 3 is 2.64 bits per heavy atom. The van der Waals surface area contributed by atoms with Crippen LogP contribution in [0.4, 0.5) is 8.78 Å². The van der Waals surface area contributed by atoms with Gasteiger partial charge in [-0.05, 0) is 24.6 Å². The summed E-state index contributed by atoms with van der Waals surface area (Å²) in [6, 6.07) is 4.77. The molecule has 0 heterocycles. The van der Waals surface area contributed by atoms with Crippen LogP contribution in [-0.2, 0) is 0 Å². The molecule has 0 radical (unpaired) electrons. The summed E-state index contributed by atoms with van der Waals surface area (Å²) in [6.45, 7) is 3.14. The first-order valence-corrected chi connectivity index (χ1v) is 4.65. The first kappa shape index (κ1) is 11.2. The van der Waals surface area contributed by atoms with Crippen molar-refractivity contribution in [3.8, 4) is 5.75 Å². The van der Waals surface area contributed by atoms with Gasteiger partial charge in [-0.2, -0.15) is 8.78 Å². The van der Waals surface area contributed by atoms with Crippen LogP contribution in [-0.4, -0.2) is 6.11 Å². The van der Waals surface area contributed by atoms with Gasteiger partial charge >= 0.3 is 6.11 Å². The third-order valence-electron chi connectivity index (χ3n) is 1.76. The first-order chi connectivity index (χ1) is 6.44. The number of hydrogen-bond donors (Lipinski definition) is 0. The fourth-order valence-corrected chi connectivity index (χ4v) is 1.08. The lowest BCUT2D eigenvalue weighted by Crippen LogP contribution is -2.23. The second kappa shape index (κ2) is 4.13. The highest BCUT2D eigenvalue weighted by Gasteiger charge is 2.29. The van der Waals surface area contributed by atoms with Gasteiger partial charge in [0.25, 0.3) is 0 Å². The van der Waals surface area contributed by atoms with E-state index >= 15 is 0 Å². The van der Waals surface area contributed by atoms with Gasteiger partial charge in [0.15, 0.2) is 0 Å². The Balaban J connectivity index is 2.91. The highest BCUT2D eigenvalue weighted by Crippen LogP contribution is 2.31. The van der Waals surface area contributed by atoms with Crippen molar-refractivity contribution in [1.82, 2.24) is 0 Å². The van der Waals surface area contributed by atoms with Crippen LogP contribution in [0.15, 0.2) is 18.2 Å². The Morgan fingerprint density at radius 1 is 1.43 bits per heavy atom. The van der Waals surface area contributed by atoms with Crippen molar-refractivity contribution < 1.29 is 13.5 Å². The van der Waals surface area contributed by atoms with Gasteiger partial charge in [0.05, 0.1) is 5.02 Å². The summed E-state index contributed by atoms with van der Waals surface area (Å²) in [4.78, 5) is 0. The predicted molar refractivity (Wildman–Crippen MR) is 52.1 cm³/mol. The Morgan fingerprint density at radius 2 is 2.07 bits per heavy atom. The number of halogens is 3. The van der Waals surface area contributed by atoms with Crippen LogP contribution in [0.3, 0.4) is 0 Å². The molecule has 0 saturated carbocycles. The lowest BCUT2D eigenvalue weighted by atomic mass is 10.2. The number of alkyl halides is 2. The summed E-state index contributed by atoms with van der Waals surface area (Å²) in [5, 5.41) is 0.198. The zero-order valence-corrected chi connectivity index (χ0v) is 8.74. The number of hydrogen-bond acceptors (Lipinski definition) is 1. The van der Waals surface area contributed by atoms with Crippen LogP contribution in [0.1, 0.15) is 18.9 Å². The summed E-state index contributed by atoms with van der Waals surface area (Å²) in [5.41, 5.74) is 0.830. The van der Waals surface area contributed by atoms with Crippen molar-refractivity contribution in [1.29, 1.82) is 0 Å². The van der Waals surface area contributed by atoms with Gasteiger partial charge in [0.1, 0.15) is 5.75 Å². The number of aryl methyl sites for hydroxylation is 1. The summed E-state index contributed by atoms with van der Waals surface area (Å²) < 4.78 is 30.2. The third-order valence-corrected chi connectivity index (χ3v) is 2.07. The molecule has 1 nitrogen and oxygen atoms in total. The molecule has 0 atom stereocenters. The lowest BCUT2D eigenvalue weighted by Gasteiger charge is -2.17. The Kier molecular flexibility index (Phi) is 3.32. The number of rotatable bonds is 3. The van der Waals surface area contributed by atoms with Crippen LogP contribution >= 0.6 is 11.6 Å². The second-order valence-corrected chi connectivity index (χ2v) is 3.43. The van der Waals surface area contributed by atoms with Crippen molar-refractivity contribution >= 4 is 11.6 Å². The maximum atomic E-state index is 12.9. The van der Waals surface area contributed by atoms with Crippen molar-refractivity contribution in [2.75, 3.05) is 0 Å². The van der Waals surface area contributed by atoms with E-state index in [1.54, 1.807) is 13.0 Å². The monoisotopic (exact) mass is 220 g/mol. The minimum atomic E-state index is -3.16. The standard InChI is InChI=1S/C10H11ClF2O/c1-3-10(12,13)14-9-6-7(2)4-5-8(9)11/h4-6H,3H2,1-2H3. The van der Waals surface area contributed by atoms with Gasteiger partial charge in [-0.1, -0.05) is 24.6 Å². The molecule has 0 aliphatic heterocycles. The number of ether oxygens (including phenoxy) is 1. The van der Waals surface area contributed by atoms with Crippen LogP contribution in [0.2, 0.25) is 5.02 Å². The molecule has 0 unspecified atom stereocenters. The Hall–Kier alpha value is -0.830. The van der Waals surface area contributed by atoms with Gasteiger partial charge in [-0.25, -0.2) is 0 Å². The quantitative estimate of drug-likeness (QED) is 0.747. The molecule has 0 fully saturated rings. The molecule has 0 saturated heterocycles. The first-order valence-electron chi connectivity index (χ1n) is 4.27. The molecule has 0 aromatic heterocycles. The zero-order chi connectivity index (χ0) is 10.8. The maximum absolute atomic E-state index is 12.9. The van der Waals surface area contributed by atoms with E-state index in [0.717, 1.165) is 5.56 Å². The summed E-state index contributed by atoms with van der Waals surface area (Å²) >= 11 is 5.70. The molecular formula is C10H11ClF2O. The van der Waals surface area contributed by atoms with E-state index in [9.17, 15) is 8.78 Å². The van der Waals surface area contributed by atoms with Crippen molar-refractivity contribution in [2.24, 2.45) is 0 Å². The van der Waals surface area contributed by atoms with Gasteiger partial charge in [0.2, 0.25) is 0 Å². The molecule has 78 valence electrons. The maximum Gasteiger partial charge on any atom is 0.397 e. The molecular weight excluding hydrogens is 210 g/mol. The lowest BCUT2D eigenvalue weighted by molar-refractivity contribution is -0.177. The molecule has 0 spiro atoms.